The van der Waals surface area contributed by atoms with Crippen molar-refractivity contribution in [3.05, 3.63) is 59.6 Å². The molecule has 2 aromatic heterocycles. The van der Waals surface area contributed by atoms with Crippen molar-refractivity contribution in [2.75, 3.05) is 13.2 Å². The summed E-state index contributed by atoms with van der Waals surface area (Å²) in [6, 6.07) is 15.4. The van der Waals surface area contributed by atoms with Gasteiger partial charge in [-0.2, -0.15) is 5.10 Å². The second kappa shape index (κ2) is 7.79. The smallest absolute Gasteiger partial charge is 0.271 e. The molecule has 0 spiro atoms. The van der Waals surface area contributed by atoms with Crippen molar-refractivity contribution in [1.29, 1.82) is 0 Å². The zero-order chi connectivity index (χ0) is 16.8. The minimum absolute atomic E-state index is 0.184. The van der Waals surface area contributed by atoms with Gasteiger partial charge in [-0.25, -0.2) is 0 Å². The van der Waals surface area contributed by atoms with Gasteiger partial charge in [-0.15, -0.1) is 11.3 Å². The Morgan fingerprint density at radius 1 is 1.25 bits per heavy atom. The molecule has 0 aliphatic heterocycles. The Morgan fingerprint density at radius 2 is 2.08 bits per heavy atom. The minimum atomic E-state index is -0.184. The van der Waals surface area contributed by atoms with Crippen LogP contribution in [0.15, 0.2) is 53.9 Å². The fourth-order valence-corrected chi connectivity index (χ4v) is 3.08. The van der Waals surface area contributed by atoms with Crippen LogP contribution in [-0.2, 0) is 6.54 Å². The van der Waals surface area contributed by atoms with Crippen LogP contribution in [-0.4, -0.2) is 28.8 Å². The Balaban J connectivity index is 1.57. The largest absolute Gasteiger partial charge is 0.492 e. The van der Waals surface area contributed by atoms with Gasteiger partial charge in [0.2, 0.25) is 0 Å². The molecule has 3 rings (SSSR count). The number of benzene rings is 1. The van der Waals surface area contributed by atoms with Crippen LogP contribution in [0.5, 0.6) is 5.75 Å². The zero-order valence-corrected chi connectivity index (χ0v) is 14.3. The van der Waals surface area contributed by atoms with E-state index < -0.39 is 0 Å². The van der Waals surface area contributed by atoms with Gasteiger partial charge in [0, 0.05) is 6.54 Å². The molecular weight excluding hydrogens is 322 g/mol. The highest BCUT2D eigenvalue weighted by atomic mass is 32.1. The van der Waals surface area contributed by atoms with E-state index in [-0.39, 0.29) is 5.91 Å². The Kier molecular flexibility index (Phi) is 5.28. The highest BCUT2D eigenvalue weighted by molar-refractivity contribution is 7.13. The number of ether oxygens (including phenoxy) is 1. The summed E-state index contributed by atoms with van der Waals surface area (Å²) in [5, 5.41) is 9.25. The lowest BCUT2D eigenvalue weighted by atomic mass is 10.3. The first-order valence-corrected chi connectivity index (χ1v) is 8.73. The Bertz CT molecular complexity index is 782. The third-order valence-electron chi connectivity index (χ3n) is 3.49. The number of aryl methyl sites for hydroxylation is 1. The number of carbonyl (C=O) groups is 1. The molecule has 1 amide bonds. The van der Waals surface area contributed by atoms with E-state index in [9.17, 15) is 4.79 Å². The number of nitrogens with one attached hydrogen (secondary N) is 1. The van der Waals surface area contributed by atoms with Crippen molar-refractivity contribution >= 4 is 17.2 Å². The van der Waals surface area contributed by atoms with Crippen molar-refractivity contribution in [1.82, 2.24) is 15.1 Å². The fourth-order valence-electron chi connectivity index (χ4n) is 2.33. The van der Waals surface area contributed by atoms with Gasteiger partial charge in [-0.05, 0) is 36.6 Å². The molecule has 0 bridgehead atoms. The lowest BCUT2D eigenvalue weighted by Gasteiger charge is -2.06. The zero-order valence-electron chi connectivity index (χ0n) is 13.4. The maximum atomic E-state index is 12.3. The number of amides is 1. The maximum Gasteiger partial charge on any atom is 0.271 e. The van der Waals surface area contributed by atoms with E-state index in [0.29, 0.717) is 18.8 Å². The first-order valence-electron chi connectivity index (χ1n) is 7.85. The van der Waals surface area contributed by atoms with Crippen LogP contribution >= 0.6 is 11.3 Å². The van der Waals surface area contributed by atoms with Crippen LogP contribution in [0.3, 0.4) is 0 Å². The van der Waals surface area contributed by atoms with Gasteiger partial charge in [0.05, 0.1) is 17.1 Å². The van der Waals surface area contributed by atoms with Crippen molar-refractivity contribution < 1.29 is 9.53 Å². The average molecular weight is 341 g/mol. The topological polar surface area (TPSA) is 56.2 Å². The molecule has 124 valence electrons. The summed E-state index contributed by atoms with van der Waals surface area (Å²) in [7, 11) is 0. The number of hydrogen-bond acceptors (Lipinski definition) is 4. The van der Waals surface area contributed by atoms with Gasteiger partial charge in [0.1, 0.15) is 12.4 Å². The average Bonchev–Trinajstić information content (AvgIpc) is 3.28. The second-order valence-corrected chi connectivity index (χ2v) is 6.07. The van der Waals surface area contributed by atoms with Crippen molar-refractivity contribution in [2.45, 2.75) is 13.5 Å². The molecule has 0 aliphatic rings. The van der Waals surface area contributed by atoms with Crippen molar-refractivity contribution in [2.24, 2.45) is 0 Å². The molecular formula is C18H19N3O2S. The maximum absolute atomic E-state index is 12.3. The number of aromatic nitrogens is 2. The third kappa shape index (κ3) is 3.83. The van der Waals surface area contributed by atoms with E-state index in [1.807, 2.05) is 65.5 Å². The van der Waals surface area contributed by atoms with Crippen LogP contribution in [0.4, 0.5) is 0 Å². The molecule has 1 aromatic carbocycles. The summed E-state index contributed by atoms with van der Waals surface area (Å²) in [5.41, 5.74) is 1.40. The van der Waals surface area contributed by atoms with Gasteiger partial charge in [-0.3, -0.25) is 9.48 Å². The molecule has 0 atom stereocenters. The standard InChI is InChI=1S/C18H19N3O2S/c1-2-21-16(17-9-6-12-24-17)13-15(20-21)18(22)19-10-11-23-14-7-4-3-5-8-14/h3-9,12-13H,2,10-11H2,1H3,(H,19,22). The Morgan fingerprint density at radius 3 is 2.79 bits per heavy atom. The predicted molar refractivity (Wildman–Crippen MR) is 95.5 cm³/mol. The molecule has 24 heavy (non-hydrogen) atoms. The molecule has 0 unspecified atom stereocenters. The van der Waals surface area contributed by atoms with Crippen LogP contribution in [0.2, 0.25) is 0 Å². The molecule has 0 saturated heterocycles. The summed E-state index contributed by atoms with van der Waals surface area (Å²) in [6.45, 7) is 3.58. The Labute approximate surface area is 144 Å². The van der Waals surface area contributed by atoms with Crippen molar-refractivity contribution in [3.8, 4) is 16.3 Å². The first kappa shape index (κ1) is 16.3. The van der Waals surface area contributed by atoms with E-state index in [1.54, 1.807) is 11.3 Å². The van der Waals surface area contributed by atoms with Gasteiger partial charge >= 0.3 is 0 Å². The number of carbonyl (C=O) groups excluding carboxylic acids is 1. The molecule has 1 N–H and O–H groups in total. The quantitative estimate of drug-likeness (QED) is 0.670. The Hall–Kier alpha value is -2.60. The lowest BCUT2D eigenvalue weighted by molar-refractivity contribution is 0.0941. The van der Waals surface area contributed by atoms with E-state index in [4.69, 9.17) is 4.74 Å². The van der Waals surface area contributed by atoms with Gasteiger partial charge in [0.25, 0.3) is 5.91 Å². The molecule has 6 heteroatoms. The number of para-hydroxylation sites is 1. The van der Waals surface area contributed by atoms with Crippen LogP contribution in [0, 0.1) is 0 Å². The molecule has 0 fully saturated rings. The highest BCUT2D eigenvalue weighted by Crippen LogP contribution is 2.25. The van der Waals surface area contributed by atoms with Crippen LogP contribution in [0.1, 0.15) is 17.4 Å². The normalized spacial score (nSPS) is 10.5. The monoisotopic (exact) mass is 341 g/mol. The molecule has 2 heterocycles. The summed E-state index contributed by atoms with van der Waals surface area (Å²) < 4.78 is 7.41. The van der Waals surface area contributed by atoms with Crippen molar-refractivity contribution in [3.63, 3.8) is 0 Å². The summed E-state index contributed by atoms with van der Waals surface area (Å²) in [4.78, 5) is 13.4. The third-order valence-corrected chi connectivity index (χ3v) is 4.38. The molecule has 0 saturated carbocycles. The van der Waals surface area contributed by atoms with Gasteiger partial charge in [0.15, 0.2) is 5.69 Å². The van der Waals surface area contributed by atoms with Gasteiger partial charge in [-0.1, -0.05) is 24.3 Å². The molecule has 0 radical (unpaired) electrons. The molecule has 3 aromatic rings. The van der Waals surface area contributed by atoms with Crippen LogP contribution < -0.4 is 10.1 Å². The summed E-state index contributed by atoms with van der Waals surface area (Å²) >= 11 is 1.64. The van der Waals surface area contributed by atoms with E-state index >= 15 is 0 Å². The van der Waals surface area contributed by atoms with E-state index in [0.717, 1.165) is 22.9 Å². The summed E-state index contributed by atoms with van der Waals surface area (Å²) in [6.07, 6.45) is 0. The number of rotatable bonds is 7. The number of hydrogen-bond donors (Lipinski definition) is 1. The SMILES string of the molecule is CCn1nc(C(=O)NCCOc2ccccc2)cc1-c1cccs1. The molecule has 5 nitrogen and oxygen atoms in total. The predicted octanol–water partition coefficient (Wildman–Crippen LogP) is 3.44. The van der Waals surface area contributed by atoms with Gasteiger partial charge < -0.3 is 10.1 Å². The lowest BCUT2D eigenvalue weighted by Crippen LogP contribution is -2.28. The fraction of sp³-hybridized carbons (Fsp3) is 0.222. The molecule has 0 aliphatic carbocycles. The highest BCUT2D eigenvalue weighted by Gasteiger charge is 2.15. The van der Waals surface area contributed by atoms with Crippen LogP contribution in [0.25, 0.3) is 10.6 Å². The summed E-state index contributed by atoms with van der Waals surface area (Å²) in [5.74, 6) is 0.610. The number of thiophene rings is 1. The first-order chi connectivity index (χ1) is 11.8. The van der Waals surface area contributed by atoms with E-state index in [2.05, 4.69) is 10.4 Å². The van der Waals surface area contributed by atoms with E-state index in [1.165, 1.54) is 0 Å². The number of nitrogens with zero attached hydrogens (tertiary/aromatic N) is 2. The minimum Gasteiger partial charge on any atom is -0.492 e. The second-order valence-electron chi connectivity index (χ2n) is 5.13.